The molecule has 3 aromatic rings. The van der Waals surface area contributed by atoms with Gasteiger partial charge < -0.3 is 15.0 Å². The number of hydrogen-bond acceptors (Lipinski definition) is 6. The van der Waals surface area contributed by atoms with Gasteiger partial charge in [-0.1, -0.05) is 49.6 Å². The maximum Gasteiger partial charge on any atom is 0.225 e. The van der Waals surface area contributed by atoms with Crippen molar-refractivity contribution >= 4 is 33.3 Å². The average Bonchev–Trinajstić information content (AvgIpc) is 3.29. The largest absolute Gasteiger partial charge is 0.377 e. The number of methoxy groups -OCH3 is 1. The number of carbonyl (C=O) groups is 1. The summed E-state index contributed by atoms with van der Waals surface area (Å²) in [5, 5.41) is 6.60. The molecule has 6 nitrogen and oxygen atoms in total. The number of piperidine rings is 1. The summed E-state index contributed by atoms with van der Waals surface area (Å²) < 4.78 is 5.35. The summed E-state index contributed by atoms with van der Waals surface area (Å²) in [6.07, 6.45) is 7.89. The summed E-state index contributed by atoms with van der Waals surface area (Å²) in [5.41, 5.74) is 2.32. The van der Waals surface area contributed by atoms with Gasteiger partial charge in [0.05, 0.1) is 11.3 Å². The Morgan fingerprint density at radius 1 is 1.12 bits per heavy atom. The van der Waals surface area contributed by atoms with Crippen LogP contribution in [0.4, 0.5) is 5.82 Å². The molecule has 1 aliphatic carbocycles. The molecule has 1 amide bonds. The standard InChI is InChI=1S/C26H32N4O2S/c1-32-16-22-28-24(23-21(17-33-26(23)29-22)18-9-4-2-5-10-18)30-14-8-11-19(15-30)25(31)27-20-12-6-3-7-13-20/h2,4-5,9-10,17,19-20H,3,6-8,11-16H2,1H3,(H,27,31). The van der Waals surface area contributed by atoms with Crippen molar-refractivity contribution in [2.45, 2.75) is 57.6 Å². The third-order valence-corrected chi connectivity index (χ3v) is 7.73. The first-order valence-electron chi connectivity index (χ1n) is 12.1. The zero-order valence-electron chi connectivity index (χ0n) is 19.3. The normalized spacial score (nSPS) is 19.7. The van der Waals surface area contributed by atoms with E-state index in [1.807, 2.05) is 6.07 Å². The van der Waals surface area contributed by atoms with Gasteiger partial charge in [0, 0.05) is 37.2 Å². The molecular formula is C26H32N4O2S. The van der Waals surface area contributed by atoms with Crippen LogP contribution in [0.3, 0.4) is 0 Å². The van der Waals surface area contributed by atoms with E-state index in [1.165, 1.54) is 19.3 Å². The van der Waals surface area contributed by atoms with Gasteiger partial charge in [0.25, 0.3) is 0 Å². The fourth-order valence-electron chi connectivity index (χ4n) is 5.17. The molecule has 0 spiro atoms. The molecule has 2 aromatic heterocycles. The third kappa shape index (κ3) is 4.89. The van der Waals surface area contributed by atoms with Crippen LogP contribution in [0.1, 0.15) is 50.8 Å². The lowest BCUT2D eigenvalue weighted by Crippen LogP contribution is -2.46. The second-order valence-electron chi connectivity index (χ2n) is 9.22. The molecule has 1 unspecified atom stereocenters. The first-order chi connectivity index (χ1) is 16.2. The molecule has 3 heterocycles. The van der Waals surface area contributed by atoms with Gasteiger partial charge in [0.2, 0.25) is 5.91 Å². The first kappa shape index (κ1) is 22.3. The van der Waals surface area contributed by atoms with E-state index in [-0.39, 0.29) is 11.8 Å². The number of fused-ring (bicyclic) bond motifs is 1. The molecule has 1 aliphatic heterocycles. The molecule has 1 saturated carbocycles. The van der Waals surface area contributed by atoms with Gasteiger partial charge in [-0.05, 0) is 31.2 Å². The summed E-state index contributed by atoms with van der Waals surface area (Å²) in [7, 11) is 1.67. The minimum absolute atomic E-state index is 0.00428. The highest BCUT2D eigenvalue weighted by molar-refractivity contribution is 7.17. The number of amides is 1. The zero-order chi connectivity index (χ0) is 22.6. The van der Waals surface area contributed by atoms with Crippen molar-refractivity contribution in [3.05, 3.63) is 41.5 Å². The topological polar surface area (TPSA) is 67.3 Å². The molecule has 7 heteroatoms. The second kappa shape index (κ2) is 10.2. The molecule has 1 saturated heterocycles. The molecule has 1 atom stereocenters. The molecule has 1 aromatic carbocycles. The third-order valence-electron chi connectivity index (χ3n) is 6.86. The number of carbonyl (C=O) groups excluding carboxylic acids is 1. The lowest BCUT2D eigenvalue weighted by Gasteiger charge is -2.34. The highest BCUT2D eigenvalue weighted by atomic mass is 32.1. The highest BCUT2D eigenvalue weighted by Crippen LogP contribution is 2.39. The van der Waals surface area contributed by atoms with E-state index < -0.39 is 0 Å². The van der Waals surface area contributed by atoms with Crippen LogP contribution in [0.5, 0.6) is 0 Å². The van der Waals surface area contributed by atoms with Crippen LogP contribution in [0, 0.1) is 5.92 Å². The summed E-state index contributed by atoms with van der Waals surface area (Å²) in [4.78, 5) is 26.1. The van der Waals surface area contributed by atoms with E-state index in [1.54, 1.807) is 18.4 Å². The van der Waals surface area contributed by atoms with Crippen molar-refractivity contribution in [1.82, 2.24) is 15.3 Å². The van der Waals surface area contributed by atoms with Gasteiger partial charge in [-0.15, -0.1) is 11.3 Å². The molecular weight excluding hydrogens is 432 g/mol. The van der Waals surface area contributed by atoms with Crippen LogP contribution in [-0.4, -0.2) is 42.1 Å². The maximum atomic E-state index is 13.1. The Morgan fingerprint density at radius 2 is 1.94 bits per heavy atom. The molecule has 0 bridgehead atoms. The Kier molecular flexibility index (Phi) is 6.88. The van der Waals surface area contributed by atoms with Crippen LogP contribution < -0.4 is 10.2 Å². The van der Waals surface area contributed by atoms with Crippen LogP contribution in [0.25, 0.3) is 21.3 Å². The van der Waals surface area contributed by atoms with Crippen molar-refractivity contribution in [1.29, 1.82) is 0 Å². The lowest BCUT2D eigenvalue weighted by atomic mass is 9.93. The van der Waals surface area contributed by atoms with Crippen molar-refractivity contribution in [2.75, 3.05) is 25.1 Å². The number of nitrogens with one attached hydrogen (secondary N) is 1. The fourth-order valence-corrected chi connectivity index (χ4v) is 6.13. The van der Waals surface area contributed by atoms with Crippen molar-refractivity contribution in [3.8, 4) is 11.1 Å². The Morgan fingerprint density at radius 3 is 2.73 bits per heavy atom. The Hall–Kier alpha value is -2.51. The van der Waals surface area contributed by atoms with Gasteiger partial charge in [-0.3, -0.25) is 4.79 Å². The van der Waals surface area contributed by atoms with Gasteiger partial charge in [0.1, 0.15) is 17.3 Å². The first-order valence-corrected chi connectivity index (χ1v) is 13.0. The fraction of sp³-hybridized carbons (Fsp3) is 0.500. The molecule has 174 valence electrons. The molecule has 1 N–H and O–H groups in total. The van der Waals surface area contributed by atoms with Crippen molar-refractivity contribution < 1.29 is 9.53 Å². The quantitative estimate of drug-likeness (QED) is 0.545. The van der Waals surface area contributed by atoms with Crippen LogP contribution in [0.2, 0.25) is 0 Å². The van der Waals surface area contributed by atoms with Crippen LogP contribution >= 0.6 is 11.3 Å². The summed E-state index contributed by atoms with van der Waals surface area (Å²) in [6.45, 7) is 1.97. The average molecular weight is 465 g/mol. The number of aromatic nitrogens is 2. The summed E-state index contributed by atoms with van der Waals surface area (Å²) in [6, 6.07) is 10.8. The van der Waals surface area contributed by atoms with Gasteiger partial charge >= 0.3 is 0 Å². The number of benzene rings is 1. The minimum atomic E-state index is -0.00428. The van der Waals surface area contributed by atoms with E-state index in [0.29, 0.717) is 25.0 Å². The Labute approximate surface area is 199 Å². The van der Waals surface area contributed by atoms with Crippen LogP contribution in [0.15, 0.2) is 35.7 Å². The van der Waals surface area contributed by atoms with E-state index in [2.05, 4.69) is 39.9 Å². The number of thiophene rings is 1. The maximum absolute atomic E-state index is 13.1. The number of rotatable bonds is 6. The summed E-state index contributed by atoms with van der Waals surface area (Å²) in [5.74, 6) is 1.83. The molecule has 2 fully saturated rings. The number of nitrogens with zero attached hydrogens (tertiary/aromatic N) is 3. The molecule has 5 rings (SSSR count). The number of ether oxygens (including phenoxy) is 1. The summed E-state index contributed by atoms with van der Waals surface area (Å²) >= 11 is 1.64. The van der Waals surface area contributed by atoms with Crippen LogP contribution in [-0.2, 0) is 16.1 Å². The highest BCUT2D eigenvalue weighted by Gasteiger charge is 2.30. The molecule has 2 aliphatic rings. The SMILES string of the molecule is COCc1nc(N2CCCC(C(=O)NC3CCCCC3)C2)c2c(-c3ccccc3)csc2n1. The van der Waals surface area contributed by atoms with E-state index in [9.17, 15) is 4.79 Å². The minimum Gasteiger partial charge on any atom is -0.377 e. The molecule has 33 heavy (non-hydrogen) atoms. The predicted molar refractivity (Wildman–Crippen MR) is 134 cm³/mol. The van der Waals surface area contributed by atoms with Gasteiger partial charge in [-0.2, -0.15) is 0 Å². The Balaban J connectivity index is 1.45. The van der Waals surface area contributed by atoms with E-state index >= 15 is 0 Å². The predicted octanol–water partition coefficient (Wildman–Crippen LogP) is 5.17. The monoisotopic (exact) mass is 464 g/mol. The second-order valence-corrected chi connectivity index (χ2v) is 10.1. The van der Waals surface area contributed by atoms with Crippen molar-refractivity contribution in [2.24, 2.45) is 5.92 Å². The zero-order valence-corrected chi connectivity index (χ0v) is 20.1. The van der Waals surface area contributed by atoms with Gasteiger partial charge in [0.15, 0.2) is 5.82 Å². The van der Waals surface area contributed by atoms with Crippen molar-refractivity contribution in [3.63, 3.8) is 0 Å². The van der Waals surface area contributed by atoms with Gasteiger partial charge in [-0.25, -0.2) is 9.97 Å². The van der Waals surface area contributed by atoms with E-state index in [0.717, 1.165) is 59.4 Å². The lowest BCUT2D eigenvalue weighted by molar-refractivity contribution is -0.126. The Bertz CT molecular complexity index is 1090. The van der Waals surface area contributed by atoms with E-state index in [4.69, 9.17) is 14.7 Å². The molecule has 0 radical (unpaired) electrons. The number of hydrogen-bond donors (Lipinski definition) is 1. The number of anilines is 1. The smallest absolute Gasteiger partial charge is 0.225 e.